The largest absolute Gasteiger partial charge is 0.497 e. The summed E-state index contributed by atoms with van der Waals surface area (Å²) in [5.74, 6) is 1.77. The van der Waals surface area contributed by atoms with Gasteiger partial charge in [-0.1, -0.05) is 105 Å². The Balaban J connectivity index is 1.30. The van der Waals surface area contributed by atoms with Gasteiger partial charge in [0.15, 0.2) is 14.5 Å². The molecule has 61 heavy (non-hydrogen) atoms. The molecule has 324 valence electrons. The minimum absolute atomic E-state index is 0.0135. The normalized spacial score (nSPS) is 24.3. The van der Waals surface area contributed by atoms with Crippen LogP contribution in [-0.4, -0.2) is 89.0 Å². The lowest BCUT2D eigenvalue weighted by Gasteiger charge is -2.42. The maximum atomic E-state index is 14.2. The highest BCUT2D eigenvalue weighted by molar-refractivity contribution is 8.68. The number of carbonyl (C=O) groups is 2. The van der Waals surface area contributed by atoms with E-state index in [2.05, 4.69) is 44.5 Å². The van der Waals surface area contributed by atoms with E-state index in [1.165, 1.54) is 16.3 Å². The standard InChI is InChI=1S/C45H54N3O9PS2Si/c1-44(2,3)61(6,7)57-40-39(56-58(59)54-28-29-60-58)37(55-42(40)48-27-26-38(47-43(48)50)46-41(49)31-14-10-8-11-15-31)30-53-45(32-16-12-9-13-17-32,33-18-22-35(51-4)23-19-33)34-20-24-36(52-5)25-21-34/h8-27,37-40,42H,28-30H2,1-7H3,(H,46,49)(H,47,50)/t37-,38?,39-,40-,42-,58+/m1/s1. The molecule has 0 aromatic heterocycles. The number of benzene rings is 4. The summed E-state index contributed by atoms with van der Waals surface area (Å²) in [4.78, 5) is 28.7. The van der Waals surface area contributed by atoms with Gasteiger partial charge in [-0.15, -0.1) is 0 Å². The molecule has 6 atom stereocenters. The van der Waals surface area contributed by atoms with Crippen LogP contribution in [0.15, 0.2) is 121 Å². The molecular weight excluding hydrogens is 850 g/mol. The molecule has 3 aliphatic heterocycles. The fourth-order valence-corrected chi connectivity index (χ4v) is 13.1. The monoisotopic (exact) mass is 903 g/mol. The van der Waals surface area contributed by atoms with Crippen molar-refractivity contribution in [3.63, 3.8) is 0 Å². The van der Waals surface area contributed by atoms with E-state index in [1.807, 2.05) is 84.9 Å². The van der Waals surface area contributed by atoms with Crippen LogP contribution < -0.4 is 20.1 Å². The summed E-state index contributed by atoms with van der Waals surface area (Å²) >= 11 is 7.58. The number of carbonyl (C=O) groups excluding carboxylic acids is 2. The van der Waals surface area contributed by atoms with E-state index in [4.69, 9.17) is 44.2 Å². The van der Waals surface area contributed by atoms with Crippen LogP contribution in [0.25, 0.3) is 0 Å². The van der Waals surface area contributed by atoms with Crippen molar-refractivity contribution in [2.45, 2.75) is 75.2 Å². The van der Waals surface area contributed by atoms with Crippen molar-refractivity contribution in [3.05, 3.63) is 144 Å². The molecule has 16 heteroatoms. The number of nitrogens with zero attached hydrogens (tertiary/aromatic N) is 1. The molecule has 0 spiro atoms. The van der Waals surface area contributed by atoms with Gasteiger partial charge in [0.25, 0.3) is 5.91 Å². The lowest BCUT2D eigenvalue weighted by Crippen LogP contribution is -2.59. The summed E-state index contributed by atoms with van der Waals surface area (Å²) in [6.45, 7) is 11.2. The highest BCUT2D eigenvalue weighted by Crippen LogP contribution is 2.66. The zero-order valence-electron chi connectivity index (χ0n) is 35.4. The molecule has 3 amide bonds. The van der Waals surface area contributed by atoms with Crippen molar-refractivity contribution in [1.29, 1.82) is 0 Å². The predicted octanol–water partition coefficient (Wildman–Crippen LogP) is 8.80. The van der Waals surface area contributed by atoms with E-state index in [0.29, 0.717) is 29.4 Å². The summed E-state index contributed by atoms with van der Waals surface area (Å²) in [6, 6.07) is 34.0. The Morgan fingerprint density at radius 1 is 0.885 bits per heavy atom. The number of nitrogens with one attached hydrogen (secondary N) is 2. The average Bonchev–Trinajstić information content (AvgIpc) is 3.83. The predicted molar refractivity (Wildman–Crippen MR) is 244 cm³/mol. The molecule has 2 saturated heterocycles. The molecule has 0 saturated carbocycles. The van der Waals surface area contributed by atoms with Gasteiger partial charge < -0.3 is 43.1 Å². The van der Waals surface area contributed by atoms with Crippen LogP contribution in [0.1, 0.15) is 47.8 Å². The third-order valence-corrected chi connectivity index (χ3v) is 21.3. The van der Waals surface area contributed by atoms with Crippen LogP contribution in [0.2, 0.25) is 18.1 Å². The second-order valence-electron chi connectivity index (χ2n) is 16.4. The quantitative estimate of drug-likeness (QED) is 0.0676. The second kappa shape index (κ2) is 18.8. The molecule has 3 aliphatic rings. The molecule has 0 bridgehead atoms. The van der Waals surface area contributed by atoms with E-state index in [0.717, 1.165) is 16.7 Å². The highest BCUT2D eigenvalue weighted by atomic mass is 32.9. The van der Waals surface area contributed by atoms with Gasteiger partial charge in [0.05, 0.1) is 27.4 Å². The van der Waals surface area contributed by atoms with E-state index >= 15 is 0 Å². The second-order valence-corrected chi connectivity index (χ2v) is 27.6. The molecule has 2 fully saturated rings. The zero-order chi connectivity index (χ0) is 43.4. The Kier molecular flexibility index (Phi) is 13.8. The van der Waals surface area contributed by atoms with Crippen LogP contribution in [0.3, 0.4) is 0 Å². The zero-order valence-corrected chi connectivity index (χ0v) is 39.0. The molecule has 4 aromatic rings. The fraction of sp³-hybridized carbons (Fsp3) is 0.378. The summed E-state index contributed by atoms with van der Waals surface area (Å²) in [5, 5.41) is 5.58. The summed E-state index contributed by atoms with van der Waals surface area (Å²) < 4.78 is 45.8. The molecule has 12 nitrogen and oxygen atoms in total. The van der Waals surface area contributed by atoms with Gasteiger partial charge in [0.1, 0.15) is 41.6 Å². The Labute approximate surface area is 368 Å². The van der Waals surface area contributed by atoms with Gasteiger partial charge in [-0.3, -0.25) is 9.69 Å². The van der Waals surface area contributed by atoms with Crippen molar-refractivity contribution in [3.8, 4) is 11.5 Å². The molecule has 0 radical (unpaired) electrons. The number of amides is 3. The van der Waals surface area contributed by atoms with Crippen molar-refractivity contribution in [1.82, 2.24) is 15.5 Å². The van der Waals surface area contributed by atoms with Crippen LogP contribution in [0, 0.1) is 0 Å². The number of ether oxygens (including phenoxy) is 4. The van der Waals surface area contributed by atoms with Gasteiger partial charge in [0.2, 0.25) is 5.69 Å². The number of urea groups is 1. The van der Waals surface area contributed by atoms with Gasteiger partial charge in [-0.25, -0.2) is 4.79 Å². The smallest absolute Gasteiger partial charge is 0.325 e. The Morgan fingerprint density at radius 3 is 1.98 bits per heavy atom. The number of hydrogen-bond acceptors (Lipinski definition) is 11. The van der Waals surface area contributed by atoms with E-state index in [-0.39, 0.29) is 17.6 Å². The SMILES string of the molecule is COc1ccc(C(OC[C@H]2O[C@@H](N3C=CC(NC(=O)c4ccccc4)NC3=O)[C@H](O[Si](C)(C)C(C)(C)C)[C@@H]2O[P@]2(=S)OCCS2)(c2ccccc2)c2ccc(OC)cc2)cc1. The van der Waals surface area contributed by atoms with E-state index in [9.17, 15) is 9.59 Å². The molecule has 1 unspecified atom stereocenters. The minimum atomic E-state index is -2.86. The summed E-state index contributed by atoms with van der Waals surface area (Å²) in [5.41, 5.74) is -1.00. The van der Waals surface area contributed by atoms with Crippen LogP contribution in [0.5, 0.6) is 11.5 Å². The first-order valence-electron chi connectivity index (χ1n) is 20.2. The van der Waals surface area contributed by atoms with Crippen LogP contribution in [-0.2, 0) is 40.4 Å². The molecule has 3 heterocycles. The lowest BCUT2D eigenvalue weighted by molar-refractivity contribution is -0.0980. The fourth-order valence-electron chi connectivity index (χ4n) is 7.26. The first kappa shape index (κ1) is 45.0. The third-order valence-electron chi connectivity index (χ3n) is 11.5. The third kappa shape index (κ3) is 9.80. The maximum Gasteiger partial charge on any atom is 0.325 e. The van der Waals surface area contributed by atoms with Gasteiger partial charge in [-0.05, 0) is 89.1 Å². The Morgan fingerprint density at radius 2 is 1.46 bits per heavy atom. The summed E-state index contributed by atoms with van der Waals surface area (Å²) in [7, 11) is 0.678. The van der Waals surface area contributed by atoms with Crippen LogP contribution >= 0.6 is 17.1 Å². The topological polar surface area (TPSA) is 126 Å². The highest BCUT2D eigenvalue weighted by Gasteiger charge is 2.56. The van der Waals surface area contributed by atoms with Crippen molar-refractivity contribution >= 4 is 49.1 Å². The van der Waals surface area contributed by atoms with Crippen LogP contribution in [0.4, 0.5) is 4.79 Å². The first-order chi connectivity index (χ1) is 29.2. The van der Waals surface area contributed by atoms with Gasteiger partial charge in [-0.2, -0.15) is 0 Å². The van der Waals surface area contributed by atoms with E-state index < -0.39 is 56.3 Å². The molecule has 4 aromatic carbocycles. The van der Waals surface area contributed by atoms with E-state index in [1.54, 1.807) is 50.8 Å². The lowest BCUT2D eigenvalue weighted by atomic mass is 9.80. The average molecular weight is 904 g/mol. The molecule has 7 rings (SSSR count). The summed E-state index contributed by atoms with van der Waals surface area (Å²) in [6.07, 6.45) is -0.831. The van der Waals surface area contributed by atoms with Gasteiger partial charge >= 0.3 is 6.03 Å². The molecule has 0 aliphatic carbocycles. The van der Waals surface area contributed by atoms with Gasteiger partial charge in [0, 0.05) is 17.5 Å². The molecular formula is C45H54N3O9PS2Si. The van der Waals surface area contributed by atoms with Crippen molar-refractivity contribution in [2.24, 2.45) is 0 Å². The first-order valence-corrected chi connectivity index (χ1v) is 27.3. The minimum Gasteiger partial charge on any atom is -0.497 e. The Bertz CT molecular complexity index is 2150. The Hall–Kier alpha value is -4.02. The number of rotatable bonds is 15. The number of methoxy groups -OCH3 is 2. The van der Waals surface area contributed by atoms with Crippen molar-refractivity contribution < 1.29 is 42.0 Å². The maximum absolute atomic E-state index is 14.2. The molecule has 2 N–H and O–H groups in total. The number of hydrogen-bond donors (Lipinski definition) is 2. The van der Waals surface area contributed by atoms with Crippen molar-refractivity contribution in [2.75, 3.05) is 33.2 Å².